The molecule has 5 rings (SSSR count). The second-order valence-corrected chi connectivity index (χ2v) is 6.99. The largest absolute Gasteiger partial charge is 0.476 e. The van der Waals surface area contributed by atoms with Gasteiger partial charge < -0.3 is 10.8 Å². The molecule has 0 aromatic carbocycles. The Hall–Kier alpha value is -1.65. The lowest BCUT2D eigenvalue weighted by atomic mass is 9.49. The van der Waals surface area contributed by atoms with Crippen molar-refractivity contribution in [3.63, 3.8) is 0 Å². The van der Waals surface area contributed by atoms with Crippen LogP contribution in [0.5, 0.6) is 0 Å². The Labute approximate surface area is 117 Å². The predicted molar refractivity (Wildman–Crippen MR) is 73.3 cm³/mol. The molecule has 5 heteroatoms. The van der Waals surface area contributed by atoms with Crippen LogP contribution >= 0.6 is 0 Å². The maximum atomic E-state index is 11.0. The van der Waals surface area contributed by atoms with E-state index in [-0.39, 0.29) is 16.9 Å². The van der Waals surface area contributed by atoms with E-state index < -0.39 is 5.97 Å². The fourth-order valence-corrected chi connectivity index (χ4v) is 5.25. The van der Waals surface area contributed by atoms with E-state index in [9.17, 15) is 4.79 Å². The van der Waals surface area contributed by atoms with Gasteiger partial charge in [-0.1, -0.05) is 0 Å². The predicted octanol–water partition coefficient (Wildman–Crippen LogP) is 2.22. The van der Waals surface area contributed by atoms with Gasteiger partial charge >= 0.3 is 5.97 Å². The summed E-state index contributed by atoms with van der Waals surface area (Å²) in [6.45, 7) is 0. The van der Waals surface area contributed by atoms with Gasteiger partial charge in [0.15, 0.2) is 11.5 Å². The van der Waals surface area contributed by atoms with Crippen molar-refractivity contribution in [2.45, 2.75) is 43.9 Å². The number of carboxylic acids is 1. The Morgan fingerprint density at radius 2 is 1.75 bits per heavy atom. The number of hydrogen-bond donors (Lipinski definition) is 2. The zero-order chi connectivity index (χ0) is 13.9. The first-order chi connectivity index (χ1) is 9.56. The Morgan fingerprint density at radius 3 is 2.20 bits per heavy atom. The molecule has 4 saturated carbocycles. The molecule has 4 bridgehead atoms. The molecule has 0 unspecified atom stereocenters. The van der Waals surface area contributed by atoms with Gasteiger partial charge in [0.25, 0.3) is 0 Å². The minimum Gasteiger partial charge on any atom is -0.476 e. The average Bonchev–Trinajstić information content (AvgIpc) is 2.36. The maximum absolute atomic E-state index is 11.0. The molecule has 1 heterocycles. The first kappa shape index (κ1) is 12.1. The first-order valence-corrected chi connectivity index (χ1v) is 7.42. The van der Waals surface area contributed by atoms with Crippen LogP contribution in [0.3, 0.4) is 0 Å². The summed E-state index contributed by atoms with van der Waals surface area (Å²) in [6, 6.07) is 0. The SMILES string of the molecule is Nc1nc(C23CC4CC(CC(C4)C2)C3)cnc1C(=O)O. The summed E-state index contributed by atoms with van der Waals surface area (Å²) < 4.78 is 0. The molecule has 0 saturated heterocycles. The number of nitrogen functional groups attached to an aromatic ring is 1. The van der Waals surface area contributed by atoms with Crippen molar-refractivity contribution in [2.24, 2.45) is 17.8 Å². The number of hydrogen-bond acceptors (Lipinski definition) is 4. The number of nitrogens with two attached hydrogens (primary N) is 1. The van der Waals surface area contributed by atoms with E-state index in [2.05, 4.69) is 9.97 Å². The fraction of sp³-hybridized carbons (Fsp3) is 0.667. The molecule has 1 aromatic heterocycles. The average molecular weight is 273 g/mol. The Bertz CT molecular complexity index is 549. The van der Waals surface area contributed by atoms with E-state index in [0.717, 1.165) is 23.4 Å². The van der Waals surface area contributed by atoms with Gasteiger partial charge in [0, 0.05) is 5.41 Å². The van der Waals surface area contributed by atoms with E-state index in [1.807, 2.05) is 0 Å². The molecule has 20 heavy (non-hydrogen) atoms. The molecule has 3 N–H and O–H groups in total. The number of carboxylic acid groups (broad SMARTS) is 1. The molecule has 0 atom stereocenters. The van der Waals surface area contributed by atoms with Crippen LogP contribution in [0.4, 0.5) is 5.82 Å². The summed E-state index contributed by atoms with van der Waals surface area (Å²) in [5.41, 5.74) is 6.71. The normalized spacial score (nSPS) is 38.1. The molecule has 0 radical (unpaired) electrons. The van der Waals surface area contributed by atoms with Crippen LogP contribution < -0.4 is 5.73 Å². The van der Waals surface area contributed by atoms with Crippen LogP contribution in [-0.2, 0) is 5.41 Å². The molecule has 0 amide bonds. The topological polar surface area (TPSA) is 89.1 Å². The number of aromatic carboxylic acids is 1. The molecule has 0 aliphatic heterocycles. The molecule has 0 spiro atoms. The molecule has 1 aromatic rings. The lowest BCUT2D eigenvalue weighted by Gasteiger charge is -2.56. The number of carbonyl (C=O) groups is 1. The molecule has 5 nitrogen and oxygen atoms in total. The third-order valence-corrected chi connectivity index (χ3v) is 5.58. The number of aromatic nitrogens is 2. The summed E-state index contributed by atoms with van der Waals surface area (Å²) in [5.74, 6) is 1.42. The summed E-state index contributed by atoms with van der Waals surface area (Å²) in [7, 11) is 0. The minimum absolute atomic E-state index is 0.0609. The van der Waals surface area contributed by atoms with Gasteiger partial charge in [-0.25, -0.2) is 14.8 Å². The van der Waals surface area contributed by atoms with E-state index in [1.54, 1.807) is 6.20 Å². The molecular formula is C15H19N3O2. The van der Waals surface area contributed by atoms with Crippen LogP contribution in [-0.4, -0.2) is 21.0 Å². The fourth-order valence-electron chi connectivity index (χ4n) is 5.25. The van der Waals surface area contributed by atoms with Crippen molar-refractivity contribution >= 4 is 11.8 Å². The summed E-state index contributed by atoms with van der Waals surface area (Å²) in [4.78, 5) is 19.5. The Morgan fingerprint density at radius 1 is 1.20 bits per heavy atom. The number of rotatable bonds is 2. The number of anilines is 1. The van der Waals surface area contributed by atoms with Gasteiger partial charge in [-0.2, -0.15) is 0 Å². The van der Waals surface area contributed by atoms with Crippen LogP contribution in [0.2, 0.25) is 0 Å². The summed E-state index contributed by atoms with van der Waals surface area (Å²) >= 11 is 0. The zero-order valence-corrected chi connectivity index (χ0v) is 11.4. The van der Waals surface area contributed by atoms with E-state index in [4.69, 9.17) is 10.8 Å². The van der Waals surface area contributed by atoms with Gasteiger partial charge in [0.2, 0.25) is 0 Å². The van der Waals surface area contributed by atoms with Crippen molar-refractivity contribution in [1.82, 2.24) is 9.97 Å². The summed E-state index contributed by atoms with van der Waals surface area (Å²) in [6.07, 6.45) is 9.31. The second kappa shape index (κ2) is 3.93. The lowest BCUT2D eigenvalue weighted by molar-refractivity contribution is -0.00734. The standard InChI is InChI=1S/C15H19N3O2/c16-13-12(14(19)20)17-7-11(18-13)15-4-8-1-9(5-15)3-10(2-8)6-15/h7-10H,1-6H2,(H2,16,18)(H,19,20). The minimum atomic E-state index is -1.10. The van der Waals surface area contributed by atoms with Gasteiger partial charge in [0.1, 0.15) is 0 Å². The highest BCUT2D eigenvalue weighted by Crippen LogP contribution is 2.60. The first-order valence-electron chi connectivity index (χ1n) is 7.42. The van der Waals surface area contributed by atoms with Crippen LogP contribution in [0, 0.1) is 17.8 Å². The van der Waals surface area contributed by atoms with Gasteiger partial charge in [-0.3, -0.25) is 0 Å². The van der Waals surface area contributed by atoms with Crippen molar-refractivity contribution in [2.75, 3.05) is 5.73 Å². The quantitative estimate of drug-likeness (QED) is 0.862. The molecule has 106 valence electrons. The highest BCUT2D eigenvalue weighted by atomic mass is 16.4. The van der Waals surface area contributed by atoms with Crippen LogP contribution in [0.25, 0.3) is 0 Å². The molecular weight excluding hydrogens is 254 g/mol. The Balaban J connectivity index is 1.74. The molecule has 4 fully saturated rings. The van der Waals surface area contributed by atoms with Crippen molar-refractivity contribution in [3.8, 4) is 0 Å². The second-order valence-electron chi connectivity index (χ2n) is 6.99. The summed E-state index contributed by atoms with van der Waals surface area (Å²) in [5, 5.41) is 9.01. The molecule has 4 aliphatic carbocycles. The lowest BCUT2D eigenvalue weighted by Crippen LogP contribution is -2.49. The zero-order valence-electron chi connectivity index (χ0n) is 11.4. The number of nitrogens with zero attached hydrogens (tertiary/aromatic N) is 2. The highest BCUT2D eigenvalue weighted by Gasteiger charge is 2.52. The Kier molecular flexibility index (Phi) is 2.38. The van der Waals surface area contributed by atoms with Gasteiger partial charge in [-0.05, 0) is 56.3 Å². The maximum Gasteiger partial charge on any atom is 0.358 e. The van der Waals surface area contributed by atoms with Crippen molar-refractivity contribution in [1.29, 1.82) is 0 Å². The highest BCUT2D eigenvalue weighted by molar-refractivity contribution is 5.90. The van der Waals surface area contributed by atoms with Crippen LogP contribution in [0.1, 0.15) is 54.7 Å². The monoisotopic (exact) mass is 273 g/mol. The van der Waals surface area contributed by atoms with Gasteiger partial charge in [-0.15, -0.1) is 0 Å². The van der Waals surface area contributed by atoms with Gasteiger partial charge in [0.05, 0.1) is 11.9 Å². The van der Waals surface area contributed by atoms with Crippen molar-refractivity contribution in [3.05, 3.63) is 17.6 Å². The van der Waals surface area contributed by atoms with E-state index >= 15 is 0 Å². The van der Waals surface area contributed by atoms with Crippen molar-refractivity contribution < 1.29 is 9.90 Å². The van der Waals surface area contributed by atoms with Crippen LogP contribution in [0.15, 0.2) is 6.20 Å². The van der Waals surface area contributed by atoms with E-state index in [1.165, 1.54) is 38.5 Å². The third-order valence-electron chi connectivity index (χ3n) is 5.58. The smallest absolute Gasteiger partial charge is 0.358 e. The third kappa shape index (κ3) is 1.65. The van der Waals surface area contributed by atoms with E-state index in [0.29, 0.717) is 0 Å². The molecule has 4 aliphatic rings.